The van der Waals surface area contributed by atoms with Crippen LogP contribution in [0.3, 0.4) is 0 Å². The van der Waals surface area contributed by atoms with Gasteiger partial charge in [-0.2, -0.15) is 0 Å². The summed E-state index contributed by atoms with van der Waals surface area (Å²) in [6, 6.07) is 4.36. The average molecular weight is 421 g/mol. The van der Waals surface area contributed by atoms with E-state index < -0.39 is 0 Å². The number of ether oxygens (including phenoxy) is 2. The summed E-state index contributed by atoms with van der Waals surface area (Å²) in [5.41, 5.74) is 0. The maximum atomic E-state index is 6.09. The molecule has 1 aromatic rings. The molecule has 0 aromatic carbocycles. The second-order valence-electron chi connectivity index (χ2n) is 8.29. The molecule has 2 unspecified atom stereocenters. The lowest BCUT2D eigenvalue weighted by atomic mass is 9.89. The van der Waals surface area contributed by atoms with Crippen molar-refractivity contribution >= 4 is 5.96 Å². The topological polar surface area (TPSA) is 71.3 Å². The number of hydrogen-bond donors (Lipinski definition) is 2. The average Bonchev–Trinajstić information content (AvgIpc) is 3.29. The van der Waals surface area contributed by atoms with Crippen molar-refractivity contribution < 1.29 is 13.9 Å². The van der Waals surface area contributed by atoms with Gasteiger partial charge in [-0.1, -0.05) is 26.7 Å². The summed E-state index contributed by atoms with van der Waals surface area (Å²) in [7, 11) is 0. The van der Waals surface area contributed by atoms with E-state index in [9.17, 15) is 0 Å². The lowest BCUT2D eigenvalue weighted by molar-refractivity contribution is -0.0324. The third-order valence-corrected chi connectivity index (χ3v) is 6.26. The molecule has 2 atom stereocenters. The van der Waals surface area contributed by atoms with Crippen LogP contribution in [0.5, 0.6) is 0 Å². The molecule has 7 heteroatoms. The smallest absolute Gasteiger partial charge is 0.191 e. The summed E-state index contributed by atoms with van der Waals surface area (Å²) in [6.07, 6.45) is 7.36. The molecule has 0 spiro atoms. The molecule has 3 rings (SSSR count). The molecule has 30 heavy (non-hydrogen) atoms. The van der Waals surface area contributed by atoms with Crippen LogP contribution in [0, 0.1) is 5.92 Å². The molecule has 0 aliphatic carbocycles. The molecule has 170 valence electrons. The molecule has 2 saturated heterocycles. The quantitative estimate of drug-likeness (QED) is 0.448. The fourth-order valence-corrected chi connectivity index (χ4v) is 4.33. The molecule has 2 N–H and O–H groups in total. The zero-order valence-electron chi connectivity index (χ0n) is 18.8. The van der Waals surface area contributed by atoms with Crippen molar-refractivity contribution in [2.24, 2.45) is 10.9 Å². The predicted octanol–water partition coefficient (Wildman–Crippen LogP) is 2.67. The monoisotopic (exact) mass is 420 g/mol. The molecular formula is C23H40N4O3. The molecule has 0 amide bonds. The standard InChI is InChI=1S/C23H40N4O3/c1-3-19(4-2)22-18-20(8-15-30-22)26-23(24-9-7-21-6-5-14-29-21)25-10-11-27-12-16-28-17-13-27/h5-6,14,19-20,22H,3-4,7-13,15-18H2,1-2H3,(H2,24,25,26). The van der Waals surface area contributed by atoms with Gasteiger partial charge in [-0.05, 0) is 30.9 Å². The van der Waals surface area contributed by atoms with E-state index in [2.05, 4.69) is 29.4 Å². The molecule has 0 saturated carbocycles. The van der Waals surface area contributed by atoms with E-state index in [-0.39, 0.29) is 0 Å². The summed E-state index contributed by atoms with van der Waals surface area (Å²) in [6.45, 7) is 11.6. The van der Waals surface area contributed by atoms with Gasteiger partial charge in [-0.25, -0.2) is 0 Å². The van der Waals surface area contributed by atoms with Gasteiger partial charge < -0.3 is 24.5 Å². The molecule has 0 bridgehead atoms. The number of guanidine groups is 1. The molecule has 3 heterocycles. The third-order valence-electron chi connectivity index (χ3n) is 6.26. The SMILES string of the molecule is CCC(CC)C1CC(NC(=NCCN2CCOCC2)NCCc2ccco2)CCO1. The lowest BCUT2D eigenvalue weighted by Crippen LogP contribution is -2.49. The fraction of sp³-hybridized carbons (Fsp3) is 0.783. The van der Waals surface area contributed by atoms with Crippen molar-refractivity contribution in [2.45, 2.75) is 58.1 Å². The van der Waals surface area contributed by atoms with Gasteiger partial charge in [0.2, 0.25) is 0 Å². The van der Waals surface area contributed by atoms with Gasteiger partial charge in [-0.3, -0.25) is 9.89 Å². The van der Waals surface area contributed by atoms with Crippen LogP contribution in [-0.4, -0.2) is 75.5 Å². The van der Waals surface area contributed by atoms with Crippen LogP contribution in [0.15, 0.2) is 27.8 Å². The van der Waals surface area contributed by atoms with Crippen molar-refractivity contribution in [2.75, 3.05) is 52.5 Å². The molecule has 2 fully saturated rings. The van der Waals surface area contributed by atoms with Gasteiger partial charge >= 0.3 is 0 Å². The van der Waals surface area contributed by atoms with Crippen LogP contribution >= 0.6 is 0 Å². The first-order chi connectivity index (χ1) is 14.8. The largest absolute Gasteiger partial charge is 0.469 e. The van der Waals surface area contributed by atoms with E-state index >= 15 is 0 Å². The second kappa shape index (κ2) is 13.0. The Morgan fingerprint density at radius 1 is 1.23 bits per heavy atom. The summed E-state index contributed by atoms with van der Waals surface area (Å²) in [5.74, 6) is 2.54. The van der Waals surface area contributed by atoms with Gasteiger partial charge in [0.25, 0.3) is 0 Å². The first-order valence-corrected chi connectivity index (χ1v) is 11.8. The Hall–Kier alpha value is -1.57. The summed E-state index contributed by atoms with van der Waals surface area (Å²) >= 11 is 0. The molecule has 7 nitrogen and oxygen atoms in total. The zero-order chi connectivity index (χ0) is 21.0. The van der Waals surface area contributed by atoms with E-state index in [0.717, 1.165) is 83.5 Å². The molecular weight excluding hydrogens is 380 g/mol. The number of hydrogen-bond acceptors (Lipinski definition) is 5. The number of nitrogens with one attached hydrogen (secondary N) is 2. The highest BCUT2D eigenvalue weighted by Crippen LogP contribution is 2.25. The van der Waals surface area contributed by atoms with Crippen molar-refractivity contribution in [1.82, 2.24) is 15.5 Å². The Balaban J connectivity index is 1.52. The van der Waals surface area contributed by atoms with E-state index in [0.29, 0.717) is 18.1 Å². The highest BCUT2D eigenvalue weighted by atomic mass is 16.5. The Morgan fingerprint density at radius 3 is 2.80 bits per heavy atom. The molecule has 2 aliphatic heterocycles. The number of nitrogens with zero attached hydrogens (tertiary/aromatic N) is 2. The van der Waals surface area contributed by atoms with E-state index in [1.165, 1.54) is 12.8 Å². The van der Waals surface area contributed by atoms with Crippen molar-refractivity contribution in [3.05, 3.63) is 24.2 Å². The Bertz CT molecular complexity index is 598. The minimum atomic E-state index is 0.351. The number of rotatable bonds is 10. The van der Waals surface area contributed by atoms with Crippen molar-refractivity contribution in [1.29, 1.82) is 0 Å². The minimum absolute atomic E-state index is 0.351. The van der Waals surface area contributed by atoms with Gasteiger partial charge in [0.05, 0.1) is 32.1 Å². The molecule has 1 aromatic heterocycles. The number of furan rings is 1. The van der Waals surface area contributed by atoms with E-state index in [1.54, 1.807) is 6.26 Å². The highest BCUT2D eigenvalue weighted by molar-refractivity contribution is 5.80. The summed E-state index contributed by atoms with van der Waals surface area (Å²) in [4.78, 5) is 7.30. The summed E-state index contributed by atoms with van der Waals surface area (Å²) < 4.78 is 17.0. The van der Waals surface area contributed by atoms with Crippen molar-refractivity contribution in [3.8, 4) is 0 Å². The van der Waals surface area contributed by atoms with Gasteiger partial charge in [0.1, 0.15) is 5.76 Å². The zero-order valence-corrected chi connectivity index (χ0v) is 18.8. The lowest BCUT2D eigenvalue weighted by Gasteiger charge is -2.35. The number of morpholine rings is 1. The van der Waals surface area contributed by atoms with Crippen LogP contribution < -0.4 is 10.6 Å². The van der Waals surface area contributed by atoms with Gasteiger partial charge in [0, 0.05) is 45.2 Å². The number of aliphatic imine (C=N–C) groups is 1. The van der Waals surface area contributed by atoms with E-state index in [4.69, 9.17) is 18.9 Å². The predicted molar refractivity (Wildman–Crippen MR) is 120 cm³/mol. The van der Waals surface area contributed by atoms with Crippen LogP contribution in [0.4, 0.5) is 0 Å². The fourth-order valence-electron chi connectivity index (χ4n) is 4.33. The van der Waals surface area contributed by atoms with Crippen LogP contribution in [0.2, 0.25) is 0 Å². The van der Waals surface area contributed by atoms with Crippen LogP contribution in [0.25, 0.3) is 0 Å². The molecule has 0 radical (unpaired) electrons. The Morgan fingerprint density at radius 2 is 2.07 bits per heavy atom. The normalized spacial score (nSPS) is 23.6. The third kappa shape index (κ3) is 7.60. The van der Waals surface area contributed by atoms with Crippen LogP contribution in [-0.2, 0) is 15.9 Å². The van der Waals surface area contributed by atoms with Gasteiger partial charge in [-0.15, -0.1) is 0 Å². The minimum Gasteiger partial charge on any atom is -0.469 e. The molecule has 2 aliphatic rings. The first-order valence-electron chi connectivity index (χ1n) is 11.8. The first kappa shape index (κ1) is 23.1. The van der Waals surface area contributed by atoms with E-state index in [1.807, 2.05) is 12.1 Å². The second-order valence-corrected chi connectivity index (χ2v) is 8.29. The van der Waals surface area contributed by atoms with Crippen LogP contribution in [0.1, 0.15) is 45.3 Å². The Labute approximate surface area is 181 Å². The maximum Gasteiger partial charge on any atom is 0.191 e. The maximum absolute atomic E-state index is 6.09. The van der Waals surface area contributed by atoms with Crippen molar-refractivity contribution in [3.63, 3.8) is 0 Å². The van der Waals surface area contributed by atoms with Gasteiger partial charge in [0.15, 0.2) is 5.96 Å². The summed E-state index contributed by atoms with van der Waals surface area (Å²) in [5, 5.41) is 7.20. The highest BCUT2D eigenvalue weighted by Gasteiger charge is 2.28. The Kier molecular flexibility index (Phi) is 9.99.